The maximum Gasteiger partial charge on any atom is 0.324 e. The minimum atomic E-state index is -0.0838. The fraction of sp³-hybridized carbons (Fsp3) is 0.583. The molecule has 0 radical (unpaired) electrons. The second-order valence-corrected chi connectivity index (χ2v) is 5.68. The number of ether oxygens (including phenoxy) is 2. The summed E-state index contributed by atoms with van der Waals surface area (Å²) >= 11 is 1.22. The van der Waals surface area contributed by atoms with Gasteiger partial charge in [-0.1, -0.05) is 11.8 Å². The van der Waals surface area contributed by atoms with E-state index >= 15 is 0 Å². The lowest BCUT2D eigenvalue weighted by Crippen LogP contribution is -2.27. The molecule has 0 aliphatic carbocycles. The van der Waals surface area contributed by atoms with E-state index in [9.17, 15) is 9.59 Å². The van der Waals surface area contributed by atoms with E-state index in [1.54, 1.807) is 0 Å². The Hall–Kier alpha value is -1.90. The first-order valence-corrected chi connectivity index (χ1v) is 7.29. The van der Waals surface area contributed by atoms with Crippen LogP contribution in [0.4, 0.5) is 5.95 Å². The highest BCUT2D eigenvalue weighted by atomic mass is 32.2. The zero-order chi connectivity index (χ0) is 15.4. The van der Waals surface area contributed by atoms with Crippen molar-refractivity contribution in [3.8, 4) is 12.0 Å². The molecule has 2 heterocycles. The van der Waals surface area contributed by atoms with Gasteiger partial charge < -0.3 is 9.47 Å². The smallest absolute Gasteiger partial charge is 0.324 e. The van der Waals surface area contributed by atoms with Crippen LogP contribution in [-0.4, -0.2) is 52.5 Å². The van der Waals surface area contributed by atoms with Crippen molar-refractivity contribution in [2.45, 2.75) is 13.3 Å². The Labute approximate surface area is 126 Å². The molecule has 0 saturated carbocycles. The summed E-state index contributed by atoms with van der Waals surface area (Å²) in [5, 5.41) is 0.0457. The van der Waals surface area contributed by atoms with Gasteiger partial charge in [0, 0.05) is 25.6 Å². The molecule has 9 heteroatoms. The molecule has 1 aliphatic heterocycles. The Balaban J connectivity index is 2.14. The Bertz CT molecular complexity index is 532. The fourth-order valence-corrected chi connectivity index (χ4v) is 2.65. The molecule has 1 aromatic rings. The molecule has 1 saturated heterocycles. The number of anilines is 1. The molecule has 1 aliphatic rings. The molecule has 1 amide bonds. The van der Waals surface area contributed by atoms with Crippen molar-refractivity contribution >= 4 is 28.7 Å². The van der Waals surface area contributed by atoms with Gasteiger partial charge in [0.05, 0.1) is 14.2 Å². The molecule has 1 fully saturated rings. The maximum absolute atomic E-state index is 12.1. The first-order valence-electron chi connectivity index (χ1n) is 6.31. The van der Waals surface area contributed by atoms with Gasteiger partial charge in [-0.25, -0.2) is 0 Å². The Morgan fingerprint density at radius 2 is 1.90 bits per heavy atom. The molecule has 0 bridgehead atoms. The van der Waals surface area contributed by atoms with E-state index < -0.39 is 0 Å². The third-order valence-corrected chi connectivity index (χ3v) is 3.96. The third kappa shape index (κ3) is 3.81. The Morgan fingerprint density at radius 3 is 2.43 bits per heavy atom. The van der Waals surface area contributed by atoms with Gasteiger partial charge in [-0.2, -0.15) is 9.97 Å². The van der Waals surface area contributed by atoms with Crippen LogP contribution in [0.2, 0.25) is 0 Å². The minimum Gasteiger partial charge on any atom is -0.467 e. The molecular weight excluding hydrogens is 296 g/mol. The van der Waals surface area contributed by atoms with E-state index in [0.29, 0.717) is 18.7 Å². The highest BCUT2D eigenvalue weighted by Crippen LogP contribution is 2.26. The molecule has 0 aromatic carbocycles. The molecule has 114 valence electrons. The molecule has 0 N–H and O–H groups in total. The number of methoxy groups -OCH3 is 2. The van der Waals surface area contributed by atoms with Gasteiger partial charge in [0.15, 0.2) is 5.12 Å². The third-order valence-electron chi connectivity index (χ3n) is 2.92. The quantitative estimate of drug-likeness (QED) is 0.776. The molecular formula is C12H16N4O4S. The van der Waals surface area contributed by atoms with Crippen LogP contribution in [-0.2, 0) is 9.59 Å². The lowest BCUT2D eigenvalue weighted by atomic mass is 10.1. The normalized spacial score (nSPS) is 18.0. The van der Waals surface area contributed by atoms with Gasteiger partial charge >= 0.3 is 12.0 Å². The van der Waals surface area contributed by atoms with Crippen molar-refractivity contribution in [1.29, 1.82) is 0 Å². The van der Waals surface area contributed by atoms with Crippen molar-refractivity contribution in [2.75, 3.05) is 31.4 Å². The van der Waals surface area contributed by atoms with E-state index in [2.05, 4.69) is 15.0 Å². The summed E-state index contributed by atoms with van der Waals surface area (Å²) in [6.07, 6.45) is 0.372. The van der Waals surface area contributed by atoms with Crippen LogP contribution < -0.4 is 14.4 Å². The number of amides is 1. The summed E-state index contributed by atoms with van der Waals surface area (Å²) in [6, 6.07) is 0.178. The largest absolute Gasteiger partial charge is 0.467 e. The van der Waals surface area contributed by atoms with Crippen LogP contribution in [0.3, 0.4) is 0 Å². The summed E-state index contributed by atoms with van der Waals surface area (Å²) in [5.74, 6) is 0.829. The van der Waals surface area contributed by atoms with Gasteiger partial charge in [-0.15, -0.1) is 4.98 Å². The summed E-state index contributed by atoms with van der Waals surface area (Å²) < 4.78 is 9.94. The second kappa shape index (κ2) is 6.70. The molecule has 1 unspecified atom stereocenters. The zero-order valence-electron chi connectivity index (χ0n) is 12.0. The average Bonchev–Trinajstić information content (AvgIpc) is 2.85. The zero-order valence-corrected chi connectivity index (χ0v) is 12.8. The topological polar surface area (TPSA) is 94.5 Å². The summed E-state index contributed by atoms with van der Waals surface area (Å²) in [5.41, 5.74) is 0. The Kier molecular flexibility index (Phi) is 4.94. The predicted molar refractivity (Wildman–Crippen MR) is 76.5 cm³/mol. The van der Waals surface area contributed by atoms with Gasteiger partial charge in [0.2, 0.25) is 11.9 Å². The van der Waals surface area contributed by atoms with E-state index in [-0.39, 0.29) is 34.9 Å². The number of hydrogen-bond acceptors (Lipinski definition) is 8. The maximum atomic E-state index is 12.1. The molecule has 8 nitrogen and oxygen atoms in total. The van der Waals surface area contributed by atoms with E-state index in [1.165, 1.54) is 37.8 Å². The summed E-state index contributed by atoms with van der Waals surface area (Å²) in [7, 11) is 2.85. The van der Waals surface area contributed by atoms with Crippen LogP contribution in [0.25, 0.3) is 0 Å². The first-order chi connectivity index (χ1) is 10.0. The number of carbonyl (C=O) groups is 2. The number of nitrogens with zero attached hydrogens (tertiary/aromatic N) is 4. The van der Waals surface area contributed by atoms with Crippen molar-refractivity contribution in [3.63, 3.8) is 0 Å². The molecule has 1 atom stereocenters. The van der Waals surface area contributed by atoms with Crippen LogP contribution in [0.1, 0.15) is 13.3 Å². The monoisotopic (exact) mass is 312 g/mol. The Morgan fingerprint density at radius 1 is 1.29 bits per heavy atom. The van der Waals surface area contributed by atoms with Crippen molar-refractivity contribution < 1.29 is 19.1 Å². The van der Waals surface area contributed by atoms with Gasteiger partial charge in [-0.05, 0) is 5.92 Å². The summed E-state index contributed by atoms with van der Waals surface area (Å²) in [6.45, 7) is 1.98. The van der Waals surface area contributed by atoms with E-state index in [1.807, 2.05) is 0 Å². The standard InChI is InChI=1S/C12H16N4O4S/c1-7(17)21-6-8-4-9(18)16(5-8)10-13-11(19-2)15-12(14-10)20-3/h8H,4-6H2,1-3H3. The van der Waals surface area contributed by atoms with E-state index in [4.69, 9.17) is 9.47 Å². The van der Waals surface area contributed by atoms with Crippen molar-refractivity contribution in [2.24, 2.45) is 5.92 Å². The lowest BCUT2D eigenvalue weighted by molar-refractivity contribution is -0.117. The molecule has 0 spiro atoms. The second-order valence-electron chi connectivity index (χ2n) is 4.49. The number of carbonyl (C=O) groups excluding carboxylic acids is 2. The van der Waals surface area contributed by atoms with Gasteiger partial charge in [-0.3, -0.25) is 14.5 Å². The van der Waals surface area contributed by atoms with Gasteiger partial charge in [0.25, 0.3) is 0 Å². The first kappa shape index (κ1) is 15.5. The molecule has 21 heavy (non-hydrogen) atoms. The van der Waals surface area contributed by atoms with Crippen molar-refractivity contribution in [1.82, 2.24) is 15.0 Å². The molecule has 1 aromatic heterocycles. The van der Waals surface area contributed by atoms with E-state index in [0.717, 1.165) is 0 Å². The van der Waals surface area contributed by atoms with Crippen molar-refractivity contribution in [3.05, 3.63) is 0 Å². The number of rotatable bonds is 5. The number of aromatic nitrogens is 3. The number of thioether (sulfide) groups is 1. The SMILES string of the molecule is COc1nc(OC)nc(N2CC(CSC(C)=O)CC2=O)n1. The van der Waals surface area contributed by atoms with Crippen LogP contribution >= 0.6 is 11.8 Å². The lowest BCUT2D eigenvalue weighted by Gasteiger charge is -2.15. The fourth-order valence-electron chi connectivity index (χ4n) is 1.95. The minimum absolute atomic E-state index is 0.0457. The number of hydrogen-bond donors (Lipinski definition) is 0. The predicted octanol–water partition coefficient (Wildman–Crippen LogP) is 0.521. The van der Waals surface area contributed by atoms with Crippen LogP contribution in [0.5, 0.6) is 12.0 Å². The van der Waals surface area contributed by atoms with Crippen LogP contribution in [0, 0.1) is 5.92 Å². The highest BCUT2D eigenvalue weighted by Gasteiger charge is 2.33. The van der Waals surface area contributed by atoms with Gasteiger partial charge in [0.1, 0.15) is 0 Å². The molecule has 2 rings (SSSR count). The average molecular weight is 312 g/mol. The highest BCUT2D eigenvalue weighted by molar-refractivity contribution is 8.13. The summed E-state index contributed by atoms with van der Waals surface area (Å²) in [4.78, 5) is 36.6. The van der Waals surface area contributed by atoms with Crippen LogP contribution in [0.15, 0.2) is 0 Å².